The van der Waals surface area contributed by atoms with Gasteiger partial charge >= 0.3 is 0 Å². The SMILES string of the molecule is COc1cccc(F)c1CN1C[C@H](NC(=O)C2CCC3NNC(c4ccc5nccn5c4)C3C2)CCC1=O. The number of fused-ring (bicyclic) bond motifs is 2. The molecule has 2 amide bonds. The van der Waals surface area contributed by atoms with E-state index >= 15 is 0 Å². The summed E-state index contributed by atoms with van der Waals surface area (Å²) in [6.07, 6.45) is 9.26. The minimum Gasteiger partial charge on any atom is -0.496 e. The van der Waals surface area contributed by atoms with Gasteiger partial charge in [0.2, 0.25) is 11.8 Å². The maximum atomic E-state index is 14.5. The number of likely N-dealkylation sites (tertiary alicyclic amines) is 1. The Balaban J connectivity index is 1.10. The molecular weight excluding hydrogens is 487 g/mol. The van der Waals surface area contributed by atoms with E-state index in [-0.39, 0.29) is 36.4 Å². The second-order valence-electron chi connectivity index (χ2n) is 10.6. The van der Waals surface area contributed by atoms with Gasteiger partial charge in [-0.2, -0.15) is 0 Å². The second-order valence-corrected chi connectivity index (χ2v) is 10.6. The number of carbonyl (C=O) groups excluding carboxylic acids is 2. The number of nitrogens with zero attached hydrogens (tertiary/aromatic N) is 3. The molecule has 0 bridgehead atoms. The van der Waals surface area contributed by atoms with Gasteiger partial charge in [0.25, 0.3) is 0 Å². The number of hydrogen-bond donors (Lipinski definition) is 3. The predicted octanol–water partition coefficient (Wildman–Crippen LogP) is 2.72. The van der Waals surface area contributed by atoms with E-state index in [1.807, 2.05) is 16.7 Å². The molecule has 1 aromatic carbocycles. The van der Waals surface area contributed by atoms with Crippen molar-refractivity contribution in [2.75, 3.05) is 13.7 Å². The fourth-order valence-corrected chi connectivity index (χ4v) is 6.33. The number of amides is 2. The third kappa shape index (κ3) is 4.74. The van der Waals surface area contributed by atoms with Crippen LogP contribution in [0.4, 0.5) is 4.39 Å². The number of pyridine rings is 1. The summed E-state index contributed by atoms with van der Waals surface area (Å²) in [5.74, 6) is 0.222. The Kier molecular flexibility index (Phi) is 6.75. The molecule has 2 aromatic heterocycles. The number of aromatic nitrogens is 2. The van der Waals surface area contributed by atoms with Crippen molar-refractivity contribution in [1.29, 1.82) is 0 Å². The lowest BCUT2D eigenvalue weighted by Gasteiger charge is -2.36. The van der Waals surface area contributed by atoms with E-state index in [4.69, 9.17) is 4.74 Å². The molecule has 3 aromatic rings. The van der Waals surface area contributed by atoms with E-state index in [1.165, 1.54) is 18.7 Å². The predicted molar refractivity (Wildman–Crippen MR) is 138 cm³/mol. The molecule has 0 spiro atoms. The van der Waals surface area contributed by atoms with Gasteiger partial charge in [-0.05, 0) is 55.4 Å². The van der Waals surface area contributed by atoms with Crippen LogP contribution in [-0.2, 0) is 16.1 Å². The van der Waals surface area contributed by atoms with Crippen LogP contribution in [0.25, 0.3) is 5.65 Å². The van der Waals surface area contributed by atoms with Crippen LogP contribution in [0.5, 0.6) is 5.75 Å². The topological polar surface area (TPSA) is 100 Å². The first kappa shape index (κ1) is 24.8. The fraction of sp³-hybridized carbons (Fsp3) is 0.464. The molecule has 2 saturated heterocycles. The quantitative estimate of drug-likeness (QED) is 0.462. The van der Waals surface area contributed by atoms with Crippen LogP contribution in [0.1, 0.15) is 49.3 Å². The van der Waals surface area contributed by atoms with Crippen molar-refractivity contribution in [2.45, 2.75) is 56.8 Å². The summed E-state index contributed by atoms with van der Waals surface area (Å²) in [5.41, 5.74) is 9.34. The first-order valence-electron chi connectivity index (χ1n) is 13.3. The van der Waals surface area contributed by atoms with Crippen LogP contribution < -0.4 is 20.9 Å². The zero-order chi connectivity index (χ0) is 26.2. The number of nitrogens with one attached hydrogen (secondary N) is 3. The highest BCUT2D eigenvalue weighted by Crippen LogP contribution is 2.40. The third-order valence-electron chi connectivity index (χ3n) is 8.38. The van der Waals surface area contributed by atoms with Crippen molar-refractivity contribution >= 4 is 17.5 Å². The molecule has 3 N–H and O–H groups in total. The molecule has 5 atom stereocenters. The number of hydrogen-bond acceptors (Lipinski definition) is 6. The molecule has 38 heavy (non-hydrogen) atoms. The molecule has 6 rings (SSSR count). The lowest BCUT2D eigenvalue weighted by atomic mass is 9.74. The number of rotatable bonds is 6. The maximum Gasteiger partial charge on any atom is 0.223 e. The van der Waals surface area contributed by atoms with Crippen LogP contribution in [0, 0.1) is 17.7 Å². The summed E-state index contributed by atoms with van der Waals surface area (Å²) in [6.45, 7) is 0.478. The number of ether oxygens (including phenoxy) is 1. The lowest BCUT2D eigenvalue weighted by molar-refractivity contribution is -0.137. The van der Waals surface area contributed by atoms with Crippen molar-refractivity contribution in [3.05, 3.63) is 65.9 Å². The van der Waals surface area contributed by atoms with Gasteiger partial charge in [-0.25, -0.2) is 14.8 Å². The zero-order valence-electron chi connectivity index (χ0n) is 21.4. The highest BCUT2D eigenvalue weighted by molar-refractivity contribution is 5.80. The third-order valence-corrected chi connectivity index (χ3v) is 8.38. The average molecular weight is 521 g/mol. The Hall–Kier alpha value is -3.50. The van der Waals surface area contributed by atoms with Gasteiger partial charge < -0.3 is 19.4 Å². The second kappa shape index (κ2) is 10.3. The number of imidazole rings is 1. The molecule has 200 valence electrons. The van der Waals surface area contributed by atoms with Crippen molar-refractivity contribution in [3.63, 3.8) is 0 Å². The van der Waals surface area contributed by atoms with E-state index in [0.29, 0.717) is 42.7 Å². The van der Waals surface area contributed by atoms with E-state index in [2.05, 4.69) is 33.4 Å². The van der Waals surface area contributed by atoms with E-state index in [0.717, 1.165) is 24.9 Å². The van der Waals surface area contributed by atoms with Gasteiger partial charge in [-0.3, -0.25) is 15.0 Å². The number of methoxy groups -OCH3 is 1. The molecule has 4 heterocycles. The van der Waals surface area contributed by atoms with Crippen LogP contribution >= 0.6 is 0 Å². The summed E-state index contributed by atoms with van der Waals surface area (Å²) in [6, 6.07) is 9.04. The van der Waals surface area contributed by atoms with Gasteiger partial charge in [0, 0.05) is 55.1 Å². The largest absolute Gasteiger partial charge is 0.496 e. The van der Waals surface area contributed by atoms with Crippen molar-refractivity contribution in [2.24, 2.45) is 11.8 Å². The number of hydrazine groups is 1. The van der Waals surface area contributed by atoms with Gasteiger partial charge in [0.05, 0.1) is 19.7 Å². The minimum atomic E-state index is -0.402. The van der Waals surface area contributed by atoms with Crippen LogP contribution in [-0.4, -0.2) is 51.8 Å². The Labute approximate surface area is 220 Å². The smallest absolute Gasteiger partial charge is 0.223 e. The molecule has 1 saturated carbocycles. The molecule has 4 unspecified atom stereocenters. The Morgan fingerprint density at radius 2 is 2.11 bits per heavy atom. The average Bonchev–Trinajstić information content (AvgIpc) is 3.57. The standard InChI is InChI=1S/C28H33FN6O3/c1-38-24-4-2-3-22(29)21(24)16-35-15-19(7-10-26(35)36)31-28(37)17-5-8-23-20(13-17)27(33-32-23)18-6-9-25-30-11-12-34(25)14-18/h2-4,6,9,11-12,14,17,19-20,23,27,32-33H,5,7-8,10,13,15-16H2,1H3,(H,31,37)/t17?,19-,20?,23?,27?/m1/s1. The molecule has 1 aliphatic carbocycles. The fourth-order valence-electron chi connectivity index (χ4n) is 6.33. The molecular formula is C28H33FN6O3. The molecule has 3 aliphatic rings. The van der Waals surface area contributed by atoms with Gasteiger partial charge in [-0.1, -0.05) is 12.1 Å². The number of benzene rings is 1. The zero-order valence-corrected chi connectivity index (χ0v) is 21.4. The molecule has 10 heteroatoms. The van der Waals surface area contributed by atoms with Crippen molar-refractivity contribution < 1.29 is 18.7 Å². The summed E-state index contributed by atoms with van der Waals surface area (Å²) < 4.78 is 21.8. The van der Waals surface area contributed by atoms with Crippen LogP contribution in [0.15, 0.2) is 48.9 Å². The van der Waals surface area contributed by atoms with Crippen LogP contribution in [0.2, 0.25) is 0 Å². The van der Waals surface area contributed by atoms with Gasteiger partial charge in [0.1, 0.15) is 17.2 Å². The summed E-state index contributed by atoms with van der Waals surface area (Å²) in [4.78, 5) is 32.0. The van der Waals surface area contributed by atoms with Crippen LogP contribution in [0.3, 0.4) is 0 Å². The van der Waals surface area contributed by atoms with E-state index in [9.17, 15) is 14.0 Å². The monoisotopic (exact) mass is 520 g/mol. The summed E-state index contributed by atoms with van der Waals surface area (Å²) >= 11 is 0. The molecule has 2 aliphatic heterocycles. The van der Waals surface area contributed by atoms with Gasteiger partial charge in [-0.15, -0.1) is 0 Å². The number of piperidine rings is 1. The first-order chi connectivity index (χ1) is 18.5. The Morgan fingerprint density at radius 1 is 1.21 bits per heavy atom. The Bertz CT molecular complexity index is 1350. The van der Waals surface area contributed by atoms with Gasteiger partial charge in [0.15, 0.2) is 0 Å². The van der Waals surface area contributed by atoms with Crippen molar-refractivity contribution in [3.8, 4) is 5.75 Å². The summed E-state index contributed by atoms with van der Waals surface area (Å²) in [7, 11) is 1.49. The van der Waals surface area contributed by atoms with E-state index in [1.54, 1.807) is 23.2 Å². The number of halogens is 1. The maximum absolute atomic E-state index is 14.5. The normalized spacial score (nSPS) is 27.4. The molecule has 0 radical (unpaired) electrons. The van der Waals surface area contributed by atoms with E-state index < -0.39 is 5.82 Å². The summed E-state index contributed by atoms with van der Waals surface area (Å²) in [5, 5.41) is 3.21. The number of carbonyl (C=O) groups is 2. The minimum absolute atomic E-state index is 0.0397. The highest BCUT2D eigenvalue weighted by atomic mass is 19.1. The molecule has 3 fully saturated rings. The Morgan fingerprint density at radius 3 is 2.97 bits per heavy atom. The molecule has 9 nitrogen and oxygen atoms in total. The lowest BCUT2D eigenvalue weighted by Crippen LogP contribution is -2.51. The highest BCUT2D eigenvalue weighted by Gasteiger charge is 2.43. The van der Waals surface area contributed by atoms with Crippen molar-refractivity contribution in [1.82, 2.24) is 30.5 Å². The first-order valence-corrected chi connectivity index (χ1v) is 13.3.